The van der Waals surface area contributed by atoms with Crippen LogP contribution in [0.5, 0.6) is 0 Å². The fraction of sp³-hybridized carbons (Fsp3) is 0.889. The Morgan fingerprint density at radius 2 is 1.28 bits per heavy atom. The molecule has 0 N–H and O–H groups in total. The fourth-order valence-corrected chi connectivity index (χ4v) is 2.89. The fourth-order valence-electron chi connectivity index (χ4n) is 2.89. The Morgan fingerprint density at radius 1 is 0.800 bits per heavy atom. The maximum atomic E-state index is 9.75. The van der Waals surface area contributed by atoms with E-state index in [9.17, 15) is 17.3 Å². The lowest BCUT2D eigenvalue weighted by Gasteiger charge is -2.24. The van der Waals surface area contributed by atoms with E-state index < -0.39 is 7.25 Å². The van der Waals surface area contributed by atoms with Gasteiger partial charge >= 0.3 is 7.25 Å². The maximum absolute atomic E-state index is 9.75. The van der Waals surface area contributed by atoms with Gasteiger partial charge in [0.2, 0.25) is 0 Å². The van der Waals surface area contributed by atoms with E-state index in [1.807, 2.05) is 0 Å². The number of halogens is 4. The molecule has 0 fully saturated rings. The maximum Gasteiger partial charge on any atom is 0.673 e. The van der Waals surface area contributed by atoms with Gasteiger partial charge in [-0.25, -0.2) is 0 Å². The molecule has 0 aromatic carbocycles. The smallest absolute Gasteiger partial charge is 0.418 e. The quantitative estimate of drug-likeness (QED) is 0.216. The van der Waals surface area contributed by atoms with Gasteiger partial charge in [0.25, 0.3) is 0 Å². The molecule has 1 aliphatic rings. The van der Waals surface area contributed by atoms with Gasteiger partial charge in [0, 0.05) is 25.0 Å². The summed E-state index contributed by atoms with van der Waals surface area (Å²) in [5, 5.41) is 0. The minimum atomic E-state index is -6.00. The second-order valence-corrected chi connectivity index (χ2v) is 6.70. The highest BCUT2D eigenvalue weighted by Gasteiger charge is 2.20. The molecule has 0 aromatic rings. The molecule has 0 unspecified atom stereocenters. The predicted molar refractivity (Wildman–Crippen MR) is 99.7 cm³/mol. The molecular formula is C18H36BF4N2-. The summed E-state index contributed by atoms with van der Waals surface area (Å²) < 4.78 is 39.0. The van der Waals surface area contributed by atoms with Crippen molar-refractivity contribution < 1.29 is 17.3 Å². The van der Waals surface area contributed by atoms with Crippen molar-refractivity contribution >= 4 is 7.25 Å². The van der Waals surface area contributed by atoms with Crippen LogP contribution >= 0.6 is 0 Å². The zero-order valence-electron chi connectivity index (χ0n) is 16.3. The van der Waals surface area contributed by atoms with Gasteiger partial charge < -0.3 is 27.1 Å². The van der Waals surface area contributed by atoms with E-state index in [1.165, 1.54) is 77.3 Å². The predicted octanol–water partition coefficient (Wildman–Crippen LogP) is 6.66. The Morgan fingerprint density at radius 3 is 1.80 bits per heavy atom. The molecule has 0 saturated carbocycles. The van der Waals surface area contributed by atoms with E-state index in [1.54, 1.807) is 5.70 Å². The van der Waals surface area contributed by atoms with Crippen LogP contribution in [0.2, 0.25) is 0 Å². The molecule has 0 aromatic heterocycles. The molecule has 25 heavy (non-hydrogen) atoms. The Kier molecular flexibility index (Phi) is 13.8. The first kappa shape index (κ1) is 24.1. The van der Waals surface area contributed by atoms with E-state index in [4.69, 9.17) is 0 Å². The Bertz CT molecular complexity index is 342. The first-order valence-corrected chi connectivity index (χ1v) is 9.88. The highest BCUT2D eigenvalue weighted by Crippen LogP contribution is 2.22. The minimum absolute atomic E-state index is 1.15. The van der Waals surface area contributed by atoms with E-state index in [0.717, 1.165) is 6.67 Å². The van der Waals surface area contributed by atoms with Crippen molar-refractivity contribution in [2.75, 3.05) is 19.8 Å². The second-order valence-electron chi connectivity index (χ2n) is 6.70. The monoisotopic (exact) mass is 367 g/mol. The molecule has 150 valence electrons. The summed E-state index contributed by atoms with van der Waals surface area (Å²) in [7, 11) is -6.00. The van der Waals surface area contributed by atoms with E-state index in [2.05, 4.69) is 36.8 Å². The molecule has 2 nitrogen and oxygen atoms in total. The van der Waals surface area contributed by atoms with Crippen molar-refractivity contribution in [1.82, 2.24) is 9.80 Å². The number of hydrogen-bond donors (Lipinski definition) is 0. The van der Waals surface area contributed by atoms with Gasteiger partial charge in [-0.05, 0) is 25.7 Å². The second kappa shape index (κ2) is 14.3. The summed E-state index contributed by atoms with van der Waals surface area (Å²) in [5.41, 5.74) is 1.60. The first-order chi connectivity index (χ1) is 11.8. The lowest BCUT2D eigenvalue weighted by Crippen LogP contribution is -2.28. The van der Waals surface area contributed by atoms with Gasteiger partial charge in [-0.15, -0.1) is 0 Å². The van der Waals surface area contributed by atoms with Gasteiger partial charge in [-0.3, -0.25) is 0 Å². The molecule has 0 radical (unpaired) electrons. The first-order valence-electron chi connectivity index (χ1n) is 9.88. The molecule has 0 aliphatic carbocycles. The summed E-state index contributed by atoms with van der Waals surface area (Å²) in [6, 6.07) is 0. The molecule has 0 spiro atoms. The van der Waals surface area contributed by atoms with Crippen LogP contribution in [0.15, 0.2) is 11.9 Å². The van der Waals surface area contributed by atoms with Crippen LogP contribution in [0.25, 0.3) is 0 Å². The van der Waals surface area contributed by atoms with Crippen LogP contribution in [0.1, 0.15) is 85.0 Å². The molecule has 7 heteroatoms. The van der Waals surface area contributed by atoms with Crippen molar-refractivity contribution in [1.29, 1.82) is 0 Å². The molecular weight excluding hydrogens is 331 g/mol. The van der Waals surface area contributed by atoms with Crippen LogP contribution in [0, 0.1) is 0 Å². The zero-order chi connectivity index (χ0) is 19.1. The minimum Gasteiger partial charge on any atom is -0.418 e. The summed E-state index contributed by atoms with van der Waals surface area (Å²) in [6.45, 7) is 10.5. The van der Waals surface area contributed by atoms with Gasteiger partial charge in [0.15, 0.2) is 0 Å². The number of rotatable bonds is 12. The van der Waals surface area contributed by atoms with E-state index in [0.29, 0.717) is 0 Å². The lowest BCUT2D eigenvalue weighted by molar-refractivity contribution is 0.244. The normalized spacial score (nSPS) is 14.4. The Balaban J connectivity index is 0.00000101. The van der Waals surface area contributed by atoms with Crippen LogP contribution < -0.4 is 0 Å². The van der Waals surface area contributed by atoms with Crippen molar-refractivity contribution in [2.24, 2.45) is 0 Å². The number of hydrogen-bond acceptors (Lipinski definition) is 2. The molecule has 0 saturated heterocycles. The third-order valence-electron chi connectivity index (χ3n) is 4.21. The van der Waals surface area contributed by atoms with Gasteiger partial charge in [0.05, 0.1) is 6.67 Å². The summed E-state index contributed by atoms with van der Waals surface area (Å²) in [4.78, 5) is 5.18. The molecule has 0 bridgehead atoms. The topological polar surface area (TPSA) is 6.48 Å². The number of allylic oxidation sites excluding steroid dienone is 1. The van der Waals surface area contributed by atoms with Crippen molar-refractivity contribution in [3.8, 4) is 0 Å². The lowest BCUT2D eigenvalue weighted by atomic mass is 10.1. The van der Waals surface area contributed by atoms with E-state index in [-0.39, 0.29) is 0 Å². The van der Waals surface area contributed by atoms with Crippen LogP contribution in [-0.4, -0.2) is 36.8 Å². The van der Waals surface area contributed by atoms with E-state index >= 15 is 0 Å². The average molecular weight is 367 g/mol. The average Bonchev–Trinajstić information content (AvgIpc) is 2.89. The standard InChI is InChI=1S/C18H36N2.BF4/c1-4-7-10-13-18-16-19(14-11-8-5-2)17-20(18)15-12-9-6-3;2-1(3,4)5/h16H,4-15,17H2,1-3H3;/q;-1. The SMILES string of the molecule is CCCCCC1=CN(CCCCC)CN1CCCCC.F[B-](F)(F)F. The van der Waals surface area contributed by atoms with Gasteiger partial charge in [-0.1, -0.05) is 59.3 Å². The van der Waals surface area contributed by atoms with Gasteiger partial charge in [0.1, 0.15) is 0 Å². The van der Waals surface area contributed by atoms with Crippen LogP contribution in [-0.2, 0) is 0 Å². The summed E-state index contributed by atoms with van der Waals surface area (Å²) in [6.07, 6.45) is 15.9. The van der Waals surface area contributed by atoms with Crippen molar-refractivity contribution in [2.45, 2.75) is 85.0 Å². The molecule has 1 heterocycles. The molecule has 0 amide bonds. The van der Waals surface area contributed by atoms with Crippen LogP contribution in [0.3, 0.4) is 0 Å². The molecule has 1 rings (SSSR count). The number of nitrogens with zero attached hydrogens (tertiary/aromatic N) is 2. The van der Waals surface area contributed by atoms with Crippen molar-refractivity contribution in [3.05, 3.63) is 11.9 Å². The van der Waals surface area contributed by atoms with Crippen molar-refractivity contribution in [3.63, 3.8) is 0 Å². The third-order valence-corrected chi connectivity index (χ3v) is 4.21. The molecule has 1 aliphatic heterocycles. The largest absolute Gasteiger partial charge is 0.673 e. The third kappa shape index (κ3) is 15.1. The Labute approximate surface area is 151 Å². The highest BCUT2D eigenvalue weighted by molar-refractivity contribution is 6.50. The molecule has 0 atom stereocenters. The number of unbranched alkanes of at least 4 members (excludes halogenated alkanes) is 6. The van der Waals surface area contributed by atoms with Crippen LogP contribution in [0.4, 0.5) is 17.3 Å². The summed E-state index contributed by atoms with van der Waals surface area (Å²) in [5.74, 6) is 0. The van der Waals surface area contributed by atoms with Gasteiger partial charge in [-0.2, -0.15) is 0 Å². The highest BCUT2D eigenvalue weighted by atomic mass is 19.5. The Hall–Kier alpha value is -0.875. The zero-order valence-corrected chi connectivity index (χ0v) is 16.3. The summed E-state index contributed by atoms with van der Waals surface area (Å²) >= 11 is 0.